The van der Waals surface area contributed by atoms with Gasteiger partial charge >= 0.3 is 0 Å². The van der Waals surface area contributed by atoms with Crippen LogP contribution in [0, 0.1) is 5.92 Å². The van der Waals surface area contributed by atoms with Crippen molar-refractivity contribution in [3.8, 4) is 0 Å². The van der Waals surface area contributed by atoms with Crippen LogP contribution in [0.4, 0.5) is 0 Å². The molecule has 1 atom stereocenters. The van der Waals surface area contributed by atoms with Crippen molar-refractivity contribution in [3.63, 3.8) is 0 Å². The Balaban J connectivity index is 1.76. The molecule has 5 nitrogen and oxygen atoms in total. The maximum Gasteiger partial charge on any atom is 0.224 e. The number of likely N-dealkylation sites (tertiary alicyclic amines) is 1. The zero-order valence-electron chi connectivity index (χ0n) is 13.3. The Morgan fingerprint density at radius 1 is 1.24 bits per heavy atom. The zero-order chi connectivity index (χ0) is 15.1. The highest BCUT2D eigenvalue weighted by molar-refractivity contribution is 5.79. The molecular formula is C16H29N3O2. The van der Waals surface area contributed by atoms with Crippen LogP contribution in [-0.4, -0.2) is 60.9 Å². The molecule has 2 amide bonds. The fourth-order valence-electron chi connectivity index (χ4n) is 3.33. The normalized spacial score (nSPS) is 24.0. The van der Waals surface area contributed by atoms with Crippen LogP contribution in [-0.2, 0) is 9.59 Å². The van der Waals surface area contributed by atoms with E-state index in [1.807, 2.05) is 9.80 Å². The first-order chi connectivity index (χ1) is 10.2. The second-order valence-corrected chi connectivity index (χ2v) is 6.24. The minimum atomic E-state index is 0.193. The summed E-state index contributed by atoms with van der Waals surface area (Å²) in [5.74, 6) is 1.12. The first kappa shape index (κ1) is 16.3. The molecule has 120 valence electrons. The highest BCUT2D eigenvalue weighted by Gasteiger charge is 2.23. The standard InChI is InChI=1S/C16H29N3O2/c1-2-3-14-4-5-15(20)18(10-6-14)11-7-16(21)19-12-8-17-9-13-19/h14,17H,2-13H2,1H3. The number of carbonyl (C=O) groups excluding carboxylic acids is 2. The third-order valence-corrected chi connectivity index (χ3v) is 4.69. The van der Waals surface area contributed by atoms with Crippen molar-refractivity contribution in [1.29, 1.82) is 0 Å². The molecule has 2 rings (SSSR count). The molecule has 2 heterocycles. The number of nitrogens with zero attached hydrogens (tertiary/aromatic N) is 2. The minimum Gasteiger partial charge on any atom is -0.342 e. The third-order valence-electron chi connectivity index (χ3n) is 4.69. The molecule has 0 aliphatic carbocycles. The largest absolute Gasteiger partial charge is 0.342 e. The molecule has 21 heavy (non-hydrogen) atoms. The van der Waals surface area contributed by atoms with Crippen molar-refractivity contribution in [2.45, 2.75) is 45.4 Å². The molecule has 1 N–H and O–H groups in total. The van der Waals surface area contributed by atoms with E-state index in [0.717, 1.165) is 45.6 Å². The minimum absolute atomic E-state index is 0.193. The van der Waals surface area contributed by atoms with Gasteiger partial charge < -0.3 is 15.1 Å². The Hall–Kier alpha value is -1.10. The average molecular weight is 295 g/mol. The van der Waals surface area contributed by atoms with Gasteiger partial charge in [0, 0.05) is 52.1 Å². The van der Waals surface area contributed by atoms with E-state index in [0.29, 0.717) is 25.3 Å². The maximum atomic E-state index is 12.2. The van der Waals surface area contributed by atoms with Crippen molar-refractivity contribution in [2.24, 2.45) is 5.92 Å². The van der Waals surface area contributed by atoms with E-state index in [1.165, 1.54) is 12.8 Å². The van der Waals surface area contributed by atoms with Crippen LogP contribution < -0.4 is 5.32 Å². The summed E-state index contributed by atoms with van der Waals surface area (Å²) in [6.07, 6.45) is 5.67. The molecule has 0 aromatic carbocycles. The van der Waals surface area contributed by atoms with Crippen molar-refractivity contribution in [3.05, 3.63) is 0 Å². The first-order valence-electron chi connectivity index (χ1n) is 8.47. The van der Waals surface area contributed by atoms with Gasteiger partial charge in [-0.1, -0.05) is 19.8 Å². The summed E-state index contributed by atoms with van der Waals surface area (Å²) >= 11 is 0. The van der Waals surface area contributed by atoms with E-state index in [9.17, 15) is 9.59 Å². The lowest BCUT2D eigenvalue weighted by atomic mass is 9.96. The summed E-state index contributed by atoms with van der Waals surface area (Å²) in [6, 6.07) is 0. The van der Waals surface area contributed by atoms with Crippen LogP contribution in [0.15, 0.2) is 0 Å². The average Bonchev–Trinajstić information content (AvgIpc) is 2.69. The van der Waals surface area contributed by atoms with E-state index in [1.54, 1.807) is 0 Å². The van der Waals surface area contributed by atoms with Gasteiger partial charge in [0.2, 0.25) is 11.8 Å². The van der Waals surface area contributed by atoms with Crippen LogP contribution in [0.5, 0.6) is 0 Å². The Morgan fingerprint density at radius 3 is 2.71 bits per heavy atom. The molecule has 2 fully saturated rings. The SMILES string of the molecule is CCCC1CCC(=O)N(CCC(=O)N2CCNCC2)CC1. The molecule has 2 aliphatic rings. The van der Waals surface area contributed by atoms with Crippen LogP contribution in [0.1, 0.15) is 45.4 Å². The van der Waals surface area contributed by atoms with Crippen LogP contribution in [0.25, 0.3) is 0 Å². The highest BCUT2D eigenvalue weighted by atomic mass is 16.2. The van der Waals surface area contributed by atoms with Gasteiger partial charge in [-0.25, -0.2) is 0 Å². The van der Waals surface area contributed by atoms with E-state index in [-0.39, 0.29) is 11.8 Å². The number of piperazine rings is 1. The molecular weight excluding hydrogens is 266 g/mol. The van der Waals surface area contributed by atoms with E-state index < -0.39 is 0 Å². The quantitative estimate of drug-likeness (QED) is 0.830. The molecule has 0 spiro atoms. The van der Waals surface area contributed by atoms with E-state index >= 15 is 0 Å². The molecule has 0 aromatic heterocycles. The molecule has 5 heteroatoms. The summed E-state index contributed by atoms with van der Waals surface area (Å²) in [4.78, 5) is 28.1. The number of rotatable bonds is 5. The first-order valence-corrected chi connectivity index (χ1v) is 8.47. The molecule has 2 aliphatic heterocycles. The van der Waals surface area contributed by atoms with Gasteiger partial charge in [-0.3, -0.25) is 9.59 Å². The van der Waals surface area contributed by atoms with Gasteiger partial charge in [0.1, 0.15) is 0 Å². The Bertz CT molecular complexity index is 353. The van der Waals surface area contributed by atoms with Gasteiger partial charge in [0.15, 0.2) is 0 Å². The Kier molecular flexibility index (Phi) is 6.49. The lowest BCUT2D eigenvalue weighted by Crippen LogP contribution is -2.47. The van der Waals surface area contributed by atoms with Crippen LogP contribution in [0.2, 0.25) is 0 Å². The van der Waals surface area contributed by atoms with Gasteiger partial charge in [0.05, 0.1) is 0 Å². The van der Waals surface area contributed by atoms with Crippen LogP contribution in [0.3, 0.4) is 0 Å². The van der Waals surface area contributed by atoms with Gasteiger partial charge in [-0.15, -0.1) is 0 Å². The van der Waals surface area contributed by atoms with Crippen LogP contribution >= 0.6 is 0 Å². The predicted molar refractivity (Wildman–Crippen MR) is 82.9 cm³/mol. The topological polar surface area (TPSA) is 52.7 Å². The summed E-state index contributed by atoms with van der Waals surface area (Å²) in [5.41, 5.74) is 0. The summed E-state index contributed by atoms with van der Waals surface area (Å²) in [5, 5.41) is 3.25. The molecule has 1 unspecified atom stereocenters. The summed E-state index contributed by atoms with van der Waals surface area (Å²) in [6.45, 7) is 6.99. The van der Waals surface area contributed by atoms with Crippen molar-refractivity contribution < 1.29 is 9.59 Å². The maximum absolute atomic E-state index is 12.2. The summed E-state index contributed by atoms with van der Waals surface area (Å²) in [7, 11) is 0. The zero-order valence-corrected chi connectivity index (χ0v) is 13.3. The van der Waals surface area contributed by atoms with Gasteiger partial charge in [-0.05, 0) is 18.8 Å². The second kappa shape index (κ2) is 8.37. The van der Waals surface area contributed by atoms with E-state index in [4.69, 9.17) is 0 Å². The summed E-state index contributed by atoms with van der Waals surface area (Å²) < 4.78 is 0. The lowest BCUT2D eigenvalue weighted by molar-refractivity contribution is -0.134. The molecule has 0 saturated carbocycles. The molecule has 0 radical (unpaired) electrons. The fourth-order valence-corrected chi connectivity index (χ4v) is 3.33. The highest BCUT2D eigenvalue weighted by Crippen LogP contribution is 2.22. The number of amides is 2. The molecule has 2 saturated heterocycles. The number of hydrogen-bond donors (Lipinski definition) is 1. The van der Waals surface area contributed by atoms with Crippen molar-refractivity contribution >= 4 is 11.8 Å². The smallest absolute Gasteiger partial charge is 0.224 e. The van der Waals surface area contributed by atoms with Gasteiger partial charge in [0.25, 0.3) is 0 Å². The lowest BCUT2D eigenvalue weighted by Gasteiger charge is -2.28. The van der Waals surface area contributed by atoms with Crippen molar-refractivity contribution in [2.75, 3.05) is 39.3 Å². The fraction of sp³-hybridized carbons (Fsp3) is 0.875. The second-order valence-electron chi connectivity index (χ2n) is 6.24. The number of nitrogens with one attached hydrogen (secondary N) is 1. The Labute approximate surface area is 128 Å². The number of hydrogen-bond acceptors (Lipinski definition) is 3. The third kappa shape index (κ3) is 4.99. The number of carbonyl (C=O) groups is 2. The van der Waals surface area contributed by atoms with Gasteiger partial charge in [-0.2, -0.15) is 0 Å². The predicted octanol–water partition coefficient (Wildman–Crippen LogP) is 1.24. The molecule has 0 bridgehead atoms. The monoisotopic (exact) mass is 295 g/mol. The van der Waals surface area contributed by atoms with Crippen molar-refractivity contribution in [1.82, 2.24) is 15.1 Å². The Morgan fingerprint density at radius 2 is 2.00 bits per heavy atom. The molecule has 0 aromatic rings. The van der Waals surface area contributed by atoms with E-state index in [2.05, 4.69) is 12.2 Å².